The fourth-order valence-corrected chi connectivity index (χ4v) is 3.18. The molecule has 0 aromatic heterocycles. The van der Waals surface area contributed by atoms with E-state index in [-0.39, 0.29) is 12.4 Å². The summed E-state index contributed by atoms with van der Waals surface area (Å²) in [5.74, 6) is 0. The fraction of sp³-hybridized carbons (Fsp3) is 0.333. The Bertz CT molecular complexity index is 675. The molecule has 0 fully saturated rings. The quantitative estimate of drug-likeness (QED) is 0.558. The Morgan fingerprint density at radius 1 is 1.33 bits per heavy atom. The van der Waals surface area contributed by atoms with E-state index in [4.69, 9.17) is 10.3 Å². The first kappa shape index (κ1) is 15.8. The predicted octanol–water partition coefficient (Wildman–Crippen LogP) is 3.79. The van der Waals surface area contributed by atoms with Crippen LogP contribution in [0.15, 0.2) is 36.4 Å². The molecule has 0 bridgehead atoms. The van der Waals surface area contributed by atoms with Crippen LogP contribution in [-0.2, 0) is 9.09 Å². The summed E-state index contributed by atoms with van der Waals surface area (Å²) in [6, 6.07) is 11.5. The third-order valence-corrected chi connectivity index (χ3v) is 4.61. The van der Waals surface area contributed by atoms with E-state index in [1.807, 2.05) is 37.3 Å². The molecule has 0 amide bonds. The van der Waals surface area contributed by atoms with Gasteiger partial charge in [-0.05, 0) is 24.8 Å². The molecule has 0 saturated carbocycles. The smallest absolute Gasteiger partial charge is 0.347 e. The van der Waals surface area contributed by atoms with E-state index in [1.165, 1.54) is 0 Å². The Hall–Kier alpha value is -1.55. The minimum atomic E-state index is -3.68. The number of nitrogens with two attached hydrogens (primary N) is 1. The lowest BCUT2D eigenvalue weighted by Gasteiger charge is -2.18. The van der Waals surface area contributed by atoms with Gasteiger partial charge in [0.1, 0.15) is 6.29 Å². The molecule has 0 aliphatic carbocycles. The Labute approximate surface area is 124 Å². The van der Waals surface area contributed by atoms with E-state index < -0.39 is 7.60 Å². The first-order valence-corrected chi connectivity index (χ1v) is 8.70. The molecule has 0 radical (unpaired) electrons. The van der Waals surface area contributed by atoms with Gasteiger partial charge in [-0.2, -0.15) is 0 Å². The Kier molecular flexibility index (Phi) is 4.88. The number of nitrogen functional groups attached to an aromatic ring is 1. The van der Waals surface area contributed by atoms with E-state index in [9.17, 15) is 9.46 Å². The maximum Gasteiger partial charge on any atom is 0.347 e. The van der Waals surface area contributed by atoms with Gasteiger partial charge in [0, 0.05) is 5.39 Å². The Morgan fingerprint density at radius 3 is 2.76 bits per heavy atom. The van der Waals surface area contributed by atoms with Crippen molar-refractivity contribution in [3.63, 3.8) is 0 Å². The van der Waals surface area contributed by atoms with Gasteiger partial charge < -0.3 is 20.5 Å². The van der Waals surface area contributed by atoms with Gasteiger partial charge in [-0.25, -0.2) is 0 Å². The summed E-state index contributed by atoms with van der Waals surface area (Å²) in [4.78, 5) is 9.81. The summed E-state index contributed by atoms with van der Waals surface area (Å²) in [5, 5.41) is 4.86. The molecule has 2 rings (SSSR count). The fourth-order valence-electron chi connectivity index (χ4n) is 2.03. The van der Waals surface area contributed by atoms with Crippen molar-refractivity contribution in [1.29, 1.82) is 0 Å². The molecule has 2 unspecified atom stereocenters. The summed E-state index contributed by atoms with van der Waals surface area (Å²) in [7, 11) is -3.68. The molecule has 21 heavy (non-hydrogen) atoms. The maximum atomic E-state index is 12.0. The monoisotopic (exact) mass is 308 g/mol. The van der Waals surface area contributed by atoms with E-state index in [0.717, 1.165) is 10.8 Å². The van der Waals surface area contributed by atoms with Crippen molar-refractivity contribution in [2.75, 3.05) is 17.3 Å². The van der Waals surface area contributed by atoms with E-state index in [1.54, 1.807) is 13.0 Å². The molecule has 0 spiro atoms. The SMILES string of the molecule is CCC(C)OP(=O)(O)CNc1ccc2ccccc2c1N. The highest BCUT2D eigenvalue weighted by Crippen LogP contribution is 2.44. The highest BCUT2D eigenvalue weighted by atomic mass is 31.2. The average molecular weight is 308 g/mol. The number of benzene rings is 2. The third kappa shape index (κ3) is 3.97. The van der Waals surface area contributed by atoms with Gasteiger partial charge in [0.05, 0.1) is 17.5 Å². The molecule has 0 heterocycles. The number of rotatable bonds is 6. The number of hydrogen-bond acceptors (Lipinski definition) is 4. The number of hydrogen-bond donors (Lipinski definition) is 3. The summed E-state index contributed by atoms with van der Waals surface area (Å²) in [6.45, 7) is 3.67. The van der Waals surface area contributed by atoms with Crippen LogP contribution in [-0.4, -0.2) is 17.3 Å². The molecule has 0 aliphatic rings. The Balaban J connectivity index is 2.13. The van der Waals surface area contributed by atoms with Gasteiger partial charge in [-0.15, -0.1) is 0 Å². The average Bonchev–Trinajstić information content (AvgIpc) is 2.46. The minimum Gasteiger partial charge on any atom is -0.397 e. The lowest BCUT2D eigenvalue weighted by Crippen LogP contribution is -2.11. The molecule has 2 atom stereocenters. The zero-order chi connectivity index (χ0) is 15.5. The van der Waals surface area contributed by atoms with Crippen LogP contribution in [0.3, 0.4) is 0 Å². The van der Waals surface area contributed by atoms with Crippen molar-refractivity contribution >= 4 is 29.7 Å². The third-order valence-electron chi connectivity index (χ3n) is 3.36. The van der Waals surface area contributed by atoms with Crippen molar-refractivity contribution in [2.24, 2.45) is 0 Å². The van der Waals surface area contributed by atoms with E-state index in [0.29, 0.717) is 17.8 Å². The van der Waals surface area contributed by atoms with Gasteiger partial charge in [0.2, 0.25) is 0 Å². The van der Waals surface area contributed by atoms with Crippen molar-refractivity contribution in [3.8, 4) is 0 Å². The van der Waals surface area contributed by atoms with Crippen molar-refractivity contribution in [1.82, 2.24) is 0 Å². The zero-order valence-electron chi connectivity index (χ0n) is 12.2. The van der Waals surface area contributed by atoms with Gasteiger partial charge in [0.15, 0.2) is 0 Å². The highest BCUT2D eigenvalue weighted by Gasteiger charge is 2.22. The lowest BCUT2D eigenvalue weighted by atomic mass is 10.1. The molecule has 0 aliphatic heterocycles. The van der Waals surface area contributed by atoms with Gasteiger partial charge in [-0.3, -0.25) is 4.57 Å². The first-order chi connectivity index (χ1) is 9.93. The molecular formula is C15H21N2O3P. The second-order valence-corrected chi connectivity index (χ2v) is 6.85. The molecule has 2 aromatic carbocycles. The zero-order valence-corrected chi connectivity index (χ0v) is 13.1. The van der Waals surface area contributed by atoms with Crippen LogP contribution in [0.1, 0.15) is 20.3 Å². The lowest BCUT2D eigenvalue weighted by molar-refractivity contribution is 0.186. The van der Waals surface area contributed by atoms with Crippen molar-refractivity contribution < 1.29 is 14.0 Å². The van der Waals surface area contributed by atoms with E-state index >= 15 is 0 Å². The van der Waals surface area contributed by atoms with Crippen LogP contribution in [0.2, 0.25) is 0 Å². The van der Waals surface area contributed by atoms with Gasteiger partial charge in [0.25, 0.3) is 0 Å². The molecule has 5 nitrogen and oxygen atoms in total. The standard InChI is InChI=1S/C15H21N2O3P/c1-3-11(2)20-21(18,19)10-17-14-9-8-12-6-4-5-7-13(12)15(14)16/h4-9,11,17H,3,10,16H2,1-2H3,(H,18,19). The minimum absolute atomic E-state index is 0.167. The second kappa shape index (κ2) is 6.48. The van der Waals surface area contributed by atoms with Crippen LogP contribution >= 0.6 is 7.60 Å². The molecular weight excluding hydrogens is 287 g/mol. The number of anilines is 2. The normalized spacial score (nSPS) is 15.6. The highest BCUT2D eigenvalue weighted by molar-refractivity contribution is 7.52. The number of nitrogens with one attached hydrogen (secondary N) is 1. The van der Waals surface area contributed by atoms with Crippen LogP contribution in [0.5, 0.6) is 0 Å². The van der Waals surface area contributed by atoms with Crippen LogP contribution in [0.4, 0.5) is 11.4 Å². The summed E-state index contributed by atoms with van der Waals surface area (Å²) < 4.78 is 17.1. The summed E-state index contributed by atoms with van der Waals surface area (Å²) >= 11 is 0. The molecule has 6 heteroatoms. The van der Waals surface area contributed by atoms with Crippen molar-refractivity contribution in [2.45, 2.75) is 26.4 Å². The summed E-state index contributed by atoms with van der Waals surface area (Å²) in [5.41, 5.74) is 7.30. The second-order valence-electron chi connectivity index (χ2n) is 5.04. The molecule has 4 N–H and O–H groups in total. The summed E-state index contributed by atoms with van der Waals surface area (Å²) in [6.07, 6.45) is 0.263. The maximum absolute atomic E-state index is 12.0. The van der Waals surface area contributed by atoms with Crippen LogP contribution in [0, 0.1) is 0 Å². The molecule has 0 saturated heterocycles. The van der Waals surface area contributed by atoms with Gasteiger partial charge >= 0.3 is 7.60 Å². The molecule has 114 valence electrons. The molecule has 2 aromatic rings. The van der Waals surface area contributed by atoms with E-state index in [2.05, 4.69) is 5.32 Å². The largest absolute Gasteiger partial charge is 0.397 e. The van der Waals surface area contributed by atoms with Crippen LogP contribution < -0.4 is 11.1 Å². The Morgan fingerprint density at radius 2 is 2.05 bits per heavy atom. The van der Waals surface area contributed by atoms with Crippen LogP contribution in [0.25, 0.3) is 10.8 Å². The number of fused-ring (bicyclic) bond motifs is 1. The first-order valence-electron chi connectivity index (χ1n) is 6.94. The topological polar surface area (TPSA) is 84.6 Å². The predicted molar refractivity (Wildman–Crippen MR) is 87.5 cm³/mol. The van der Waals surface area contributed by atoms with Crippen molar-refractivity contribution in [3.05, 3.63) is 36.4 Å². The van der Waals surface area contributed by atoms with Gasteiger partial charge in [-0.1, -0.05) is 37.3 Å².